The average molecular weight is 494 g/mol. The van der Waals surface area contributed by atoms with E-state index in [4.69, 9.17) is 46.4 Å². The smallest absolute Gasteiger partial charge is 0.283 e. The van der Waals surface area contributed by atoms with Crippen LogP contribution in [0.4, 0.5) is 0 Å². The van der Waals surface area contributed by atoms with Crippen LogP contribution in [-0.4, -0.2) is 23.2 Å². The van der Waals surface area contributed by atoms with Gasteiger partial charge in [-0.3, -0.25) is 4.55 Å². The number of phenols is 2. The topological polar surface area (TPSA) is 94.8 Å². The lowest BCUT2D eigenvalue weighted by Gasteiger charge is -2.34. The minimum atomic E-state index is -5.04. The van der Waals surface area contributed by atoms with Crippen LogP contribution in [0, 0.1) is 0 Å². The van der Waals surface area contributed by atoms with Crippen molar-refractivity contribution in [3.63, 3.8) is 0 Å². The van der Waals surface area contributed by atoms with Crippen LogP contribution in [0.1, 0.15) is 16.7 Å². The van der Waals surface area contributed by atoms with Gasteiger partial charge in [-0.1, -0.05) is 64.6 Å². The van der Waals surface area contributed by atoms with Crippen LogP contribution in [0.15, 0.2) is 54.6 Å². The standard InChI is InChI=1S/C19H12Cl4O5S/c20-12-2-1-3-13(21)18(12)19(29(26,27)28,10-4-6-16(24)14(22)8-10)11-5-7-17(25)15(23)9-11/h1-9,24-25H,(H,26,27,28). The van der Waals surface area contributed by atoms with Gasteiger partial charge in [0.1, 0.15) is 11.5 Å². The van der Waals surface area contributed by atoms with Crippen molar-refractivity contribution in [1.82, 2.24) is 0 Å². The van der Waals surface area contributed by atoms with Gasteiger partial charge in [0.2, 0.25) is 0 Å². The molecule has 0 unspecified atom stereocenters. The number of aromatic hydroxyl groups is 2. The van der Waals surface area contributed by atoms with E-state index in [0.717, 1.165) is 0 Å². The molecule has 0 saturated carbocycles. The van der Waals surface area contributed by atoms with E-state index in [2.05, 4.69) is 0 Å². The third-order valence-electron chi connectivity index (χ3n) is 4.41. The number of hydrogen-bond acceptors (Lipinski definition) is 4. The highest BCUT2D eigenvalue weighted by Gasteiger charge is 2.51. The zero-order chi connectivity index (χ0) is 21.6. The highest BCUT2D eigenvalue weighted by Crippen LogP contribution is 2.50. The van der Waals surface area contributed by atoms with Crippen LogP contribution >= 0.6 is 46.4 Å². The molecule has 0 aliphatic heterocycles. The van der Waals surface area contributed by atoms with Gasteiger partial charge >= 0.3 is 0 Å². The molecule has 0 atom stereocenters. The van der Waals surface area contributed by atoms with Crippen molar-refractivity contribution in [2.45, 2.75) is 4.75 Å². The molecule has 3 aromatic carbocycles. The van der Waals surface area contributed by atoms with Crippen LogP contribution in [0.5, 0.6) is 11.5 Å². The predicted molar refractivity (Wildman–Crippen MR) is 114 cm³/mol. The summed E-state index contributed by atoms with van der Waals surface area (Å²) in [6.07, 6.45) is 0. The van der Waals surface area contributed by atoms with Gasteiger partial charge in [0.15, 0.2) is 4.75 Å². The second-order valence-corrected chi connectivity index (χ2v) is 9.28. The molecule has 5 nitrogen and oxygen atoms in total. The molecule has 0 amide bonds. The van der Waals surface area contributed by atoms with Gasteiger partial charge in [0.05, 0.1) is 10.0 Å². The first-order chi connectivity index (χ1) is 13.5. The second-order valence-electron chi connectivity index (χ2n) is 6.09. The Labute approximate surface area is 186 Å². The zero-order valence-electron chi connectivity index (χ0n) is 14.3. The Hall–Kier alpha value is -1.67. The third kappa shape index (κ3) is 3.65. The van der Waals surface area contributed by atoms with Crippen molar-refractivity contribution in [3.8, 4) is 11.5 Å². The van der Waals surface area contributed by atoms with Gasteiger partial charge in [-0.15, -0.1) is 0 Å². The maximum atomic E-state index is 13.0. The van der Waals surface area contributed by atoms with Crippen LogP contribution in [0.25, 0.3) is 0 Å². The highest BCUT2D eigenvalue weighted by atomic mass is 35.5. The number of hydrogen-bond donors (Lipinski definition) is 3. The Balaban J connectivity index is 2.60. The molecule has 0 spiro atoms. The van der Waals surface area contributed by atoms with Gasteiger partial charge in [0, 0.05) is 15.6 Å². The fraction of sp³-hybridized carbons (Fsp3) is 0.0526. The van der Waals surface area contributed by atoms with Crippen molar-refractivity contribution in [2.75, 3.05) is 0 Å². The van der Waals surface area contributed by atoms with E-state index >= 15 is 0 Å². The molecule has 0 aromatic heterocycles. The Bertz CT molecular complexity index is 1140. The van der Waals surface area contributed by atoms with E-state index in [0.29, 0.717) is 0 Å². The molecule has 10 heteroatoms. The molecule has 0 heterocycles. The molecule has 152 valence electrons. The summed E-state index contributed by atoms with van der Waals surface area (Å²) in [6.45, 7) is 0. The maximum absolute atomic E-state index is 13.0. The summed E-state index contributed by atoms with van der Waals surface area (Å²) in [5, 5.41) is 19.2. The van der Waals surface area contributed by atoms with E-state index in [9.17, 15) is 23.2 Å². The van der Waals surface area contributed by atoms with Crippen molar-refractivity contribution in [2.24, 2.45) is 0 Å². The molecule has 0 fully saturated rings. The van der Waals surface area contributed by atoms with Gasteiger partial charge in [0.25, 0.3) is 10.1 Å². The molecular weight excluding hydrogens is 482 g/mol. The minimum absolute atomic E-state index is 0.0523. The fourth-order valence-corrected chi connectivity index (χ4v) is 5.65. The molecular formula is C19H12Cl4O5S. The van der Waals surface area contributed by atoms with E-state index < -0.39 is 14.9 Å². The van der Waals surface area contributed by atoms with Crippen molar-refractivity contribution >= 4 is 56.5 Å². The quantitative estimate of drug-likeness (QED) is 0.311. The fourth-order valence-electron chi connectivity index (χ4n) is 3.17. The molecule has 0 aliphatic rings. The van der Waals surface area contributed by atoms with E-state index in [-0.39, 0.29) is 48.3 Å². The number of halogens is 4. The lowest BCUT2D eigenvalue weighted by Crippen LogP contribution is -2.39. The summed E-state index contributed by atoms with van der Waals surface area (Å²) in [4.78, 5) is 0. The minimum Gasteiger partial charge on any atom is -0.506 e. The van der Waals surface area contributed by atoms with E-state index in [1.54, 1.807) is 0 Å². The maximum Gasteiger partial charge on any atom is 0.283 e. The molecule has 0 saturated heterocycles. The average Bonchev–Trinajstić information content (AvgIpc) is 2.62. The molecule has 3 N–H and O–H groups in total. The van der Waals surface area contributed by atoms with Crippen LogP contribution in [-0.2, 0) is 14.9 Å². The second kappa shape index (κ2) is 7.87. The summed E-state index contributed by atoms with van der Waals surface area (Å²) < 4.78 is 34.1. The summed E-state index contributed by atoms with van der Waals surface area (Å²) in [7, 11) is -5.04. The molecule has 0 aliphatic carbocycles. The Morgan fingerprint density at radius 1 is 0.690 bits per heavy atom. The normalized spacial score (nSPS) is 12.2. The Morgan fingerprint density at radius 2 is 1.10 bits per heavy atom. The van der Waals surface area contributed by atoms with Crippen molar-refractivity contribution in [1.29, 1.82) is 0 Å². The van der Waals surface area contributed by atoms with E-state index in [1.165, 1.54) is 54.6 Å². The summed E-state index contributed by atoms with van der Waals surface area (Å²) in [5.74, 6) is -0.595. The van der Waals surface area contributed by atoms with Gasteiger partial charge in [-0.05, 0) is 47.5 Å². The molecule has 3 rings (SSSR count). The Kier molecular flexibility index (Phi) is 5.98. The monoisotopic (exact) mass is 492 g/mol. The van der Waals surface area contributed by atoms with E-state index in [1.807, 2.05) is 0 Å². The Morgan fingerprint density at radius 3 is 1.45 bits per heavy atom. The van der Waals surface area contributed by atoms with Crippen molar-refractivity contribution in [3.05, 3.63) is 91.4 Å². The zero-order valence-corrected chi connectivity index (χ0v) is 18.1. The summed E-state index contributed by atoms with van der Waals surface area (Å²) >= 11 is 24.7. The molecule has 29 heavy (non-hydrogen) atoms. The molecule has 0 bridgehead atoms. The van der Waals surface area contributed by atoms with Crippen molar-refractivity contribution < 1.29 is 23.2 Å². The predicted octanol–water partition coefficient (Wildman–Crippen LogP) is 5.89. The number of benzene rings is 3. The largest absolute Gasteiger partial charge is 0.506 e. The highest BCUT2D eigenvalue weighted by molar-refractivity contribution is 7.87. The summed E-state index contributed by atoms with van der Waals surface area (Å²) in [6, 6.07) is 11.5. The van der Waals surface area contributed by atoms with Crippen LogP contribution in [0.2, 0.25) is 20.1 Å². The SMILES string of the molecule is O=S(=O)(O)C(c1ccc(O)c(Cl)c1)(c1ccc(O)c(Cl)c1)c1c(Cl)cccc1Cl. The summed E-state index contributed by atoms with van der Waals surface area (Å²) in [5.41, 5.74) is -0.256. The first-order valence-corrected chi connectivity index (χ1v) is 10.8. The first kappa shape index (κ1) is 22.0. The lowest BCUT2D eigenvalue weighted by atomic mass is 9.83. The lowest BCUT2D eigenvalue weighted by molar-refractivity contribution is 0.456. The first-order valence-electron chi connectivity index (χ1n) is 7.89. The van der Waals surface area contributed by atoms with Crippen LogP contribution < -0.4 is 0 Å². The molecule has 0 radical (unpaired) electrons. The van der Waals surface area contributed by atoms with Gasteiger partial charge in [-0.2, -0.15) is 8.42 Å². The van der Waals surface area contributed by atoms with Crippen LogP contribution in [0.3, 0.4) is 0 Å². The number of rotatable bonds is 4. The third-order valence-corrected chi connectivity index (χ3v) is 7.09. The van der Waals surface area contributed by atoms with Gasteiger partial charge < -0.3 is 10.2 Å². The molecule has 3 aromatic rings. The van der Waals surface area contributed by atoms with Gasteiger partial charge in [-0.25, -0.2) is 0 Å². The number of phenolic OH excluding ortho intramolecular Hbond substituents is 2.